The Bertz CT molecular complexity index is 2310. The Labute approximate surface area is 286 Å². The summed E-state index contributed by atoms with van der Waals surface area (Å²) < 4.78 is 67.8. The van der Waals surface area contributed by atoms with Crippen LogP contribution in [-0.4, -0.2) is 46.6 Å². The lowest BCUT2D eigenvalue weighted by atomic mass is 9.98. The largest absolute Gasteiger partial charge is 0.462 e. The topological polar surface area (TPSA) is 184 Å². The fourth-order valence-electron chi connectivity index (χ4n) is 5.96. The van der Waals surface area contributed by atoms with Gasteiger partial charge in [-0.1, -0.05) is 23.8 Å². The van der Waals surface area contributed by atoms with Crippen LogP contribution in [0.5, 0.6) is 0 Å². The van der Waals surface area contributed by atoms with Gasteiger partial charge in [-0.3, -0.25) is 9.35 Å². The van der Waals surface area contributed by atoms with Crippen molar-refractivity contribution in [1.82, 2.24) is 14.5 Å². The van der Waals surface area contributed by atoms with Gasteiger partial charge < -0.3 is 25.7 Å². The number of halogens is 2. The fraction of sp³-hybridized carbons (Fsp3) is 0.257. The number of fused-ring (bicyclic) bond motifs is 2. The molecule has 5 N–H and O–H groups in total. The van der Waals surface area contributed by atoms with Crippen molar-refractivity contribution in [1.29, 1.82) is 0 Å². The van der Waals surface area contributed by atoms with Crippen molar-refractivity contribution < 1.29 is 31.3 Å². The van der Waals surface area contributed by atoms with Crippen LogP contribution < -0.4 is 21.8 Å². The Balaban J connectivity index is 0.000000336. The molecular formula is C35H34F2N6O6S. The number of aryl methyl sites for hydroxylation is 1. The lowest BCUT2D eigenvalue weighted by molar-refractivity contribution is 0.0524. The van der Waals surface area contributed by atoms with E-state index >= 15 is 8.78 Å². The first-order valence-corrected chi connectivity index (χ1v) is 17.2. The Morgan fingerprint density at radius 2 is 1.82 bits per heavy atom. The predicted molar refractivity (Wildman–Crippen MR) is 184 cm³/mol. The van der Waals surface area contributed by atoms with Crippen molar-refractivity contribution in [3.05, 3.63) is 105 Å². The smallest absolute Gasteiger partial charge is 0.343 e. The van der Waals surface area contributed by atoms with Gasteiger partial charge in [-0.15, -0.1) is 0 Å². The Morgan fingerprint density at radius 1 is 1.10 bits per heavy atom. The normalized spacial score (nSPS) is 13.9. The zero-order valence-electron chi connectivity index (χ0n) is 27.2. The molecule has 5 aromatic rings. The van der Waals surface area contributed by atoms with E-state index in [4.69, 9.17) is 20.8 Å². The van der Waals surface area contributed by atoms with Crippen molar-refractivity contribution in [3.8, 4) is 11.1 Å². The van der Waals surface area contributed by atoms with Crippen LogP contribution in [0.4, 0.5) is 26.2 Å². The molecule has 0 atom stereocenters. The number of hydrogen-bond donors (Lipinski definition) is 3. The van der Waals surface area contributed by atoms with Gasteiger partial charge in [0, 0.05) is 42.8 Å². The molecule has 7 rings (SSSR count). The molecule has 0 amide bonds. The lowest BCUT2D eigenvalue weighted by Crippen LogP contribution is -2.22. The second-order valence-electron chi connectivity index (χ2n) is 12.1. The number of rotatable bonds is 7. The summed E-state index contributed by atoms with van der Waals surface area (Å²) in [5, 5.41) is -0.179. The van der Waals surface area contributed by atoms with Gasteiger partial charge in [-0.2, -0.15) is 13.4 Å². The number of nitrogens with two attached hydrogens (primary N) is 2. The highest BCUT2D eigenvalue weighted by molar-refractivity contribution is 7.85. The number of esters is 1. The molecule has 0 bridgehead atoms. The third-order valence-electron chi connectivity index (χ3n) is 8.60. The molecule has 1 aliphatic heterocycles. The zero-order chi connectivity index (χ0) is 35.9. The van der Waals surface area contributed by atoms with Gasteiger partial charge in [-0.05, 0) is 74.6 Å². The Hall–Kier alpha value is -5.41. The molecule has 3 heterocycles. The minimum Gasteiger partial charge on any atom is -0.462 e. The number of nitrogens with zero attached hydrogens (tertiary/aromatic N) is 4. The van der Waals surface area contributed by atoms with Crippen molar-refractivity contribution in [2.45, 2.75) is 50.6 Å². The van der Waals surface area contributed by atoms with Gasteiger partial charge >= 0.3 is 5.97 Å². The molecule has 50 heavy (non-hydrogen) atoms. The second kappa shape index (κ2) is 13.5. The number of carbonyl (C=O) groups is 1. The average molecular weight is 705 g/mol. The summed E-state index contributed by atoms with van der Waals surface area (Å²) in [6, 6.07) is 12.2. The summed E-state index contributed by atoms with van der Waals surface area (Å²) in [4.78, 5) is 35.6. The van der Waals surface area contributed by atoms with Gasteiger partial charge in [0.2, 0.25) is 11.4 Å². The molecule has 0 unspecified atom stereocenters. The average Bonchev–Trinajstić information content (AvgIpc) is 3.83. The summed E-state index contributed by atoms with van der Waals surface area (Å²) in [6.45, 7) is 4.70. The number of aromatic nitrogens is 3. The third kappa shape index (κ3) is 6.87. The molecule has 3 aromatic carbocycles. The summed E-state index contributed by atoms with van der Waals surface area (Å²) in [5.41, 5.74) is 14.3. The maximum atomic E-state index is 16.2. The molecule has 12 nitrogen and oxygen atoms in total. The quantitative estimate of drug-likeness (QED) is 0.149. The number of ether oxygens (including phenoxy) is 1. The molecule has 1 saturated carbocycles. The van der Waals surface area contributed by atoms with Crippen LogP contribution in [0, 0.1) is 18.6 Å². The van der Waals surface area contributed by atoms with Crippen molar-refractivity contribution >= 4 is 44.4 Å². The van der Waals surface area contributed by atoms with Crippen molar-refractivity contribution in [3.63, 3.8) is 0 Å². The highest BCUT2D eigenvalue weighted by Gasteiger charge is 2.31. The van der Waals surface area contributed by atoms with E-state index < -0.39 is 33.2 Å². The lowest BCUT2D eigenvalue weighted by Gasteiger charge is -2.20. The molecule has 260 valence electrons. The summed E-state index contributed by atoms with van der Waals surface area (Å²) in [5.74, 6) is -2.10. The molecule has 1 aliphatic carbocycles. The number of carbonyl (C=O) groups excluding carboxylic acids is 1. The Morgan fingerprint density at radius 3 is 2.46 bits per heavy atom. The number of hydrogen-bond acceptors (Lipinski definition) is 10. The molecular weight excluding hydrogens is 670 g/mol. The van der Waals surface area contributed by atoms with E-state index in [1.807, 2.05) is 13.0 Å². The van der Waals surface area contributed by atoms with E-state index in [0.717, 1.165) is 41.3 Å². The minimum atomic E-state index is -4.02. The van der Waals surface area contributed by atoms with E-state index in [0.29, 0.717) is 30.9 Å². The van der Waals surface area contributed by atoms with Gasteiger partial charge in [0.05, 0.1) is 28.0 Å². The van der Waals surface area contributed by atoms with Crippen LogP contribution in [-0.2, 0) is 27.8 Å². The van der Waals surface area contributed by atoms with Crippen LogP contribution in [0.3, 0.4) is 0 Å². The maximum Gasteiger partial charge on any atom is 0.343 e. The van der Waals surface area contributed by atoms with Crippen molar-refractivity contribution in [2.75, 3.05) is 29.5 Å². The van der Waals surface area contributed by atoms with Gasteiger partial charge in [0.25, 0.3) is 10.1 Å². The molecule has 0 saturated heterocycles. The highest BCUT2D eigenvalue weighted by Crippen LogP contribution is 2.41. The molecule has 1 fully saturated rings. The number of anilines is 3. The highest BCUT2D eigenvalue weighted by atomic mass is 32.2. The number of benzene rings is 3. The van der Waals surface area contributed by atoms with E-state index in [-0.39, 0.29) is 45.5 Å². The van der Waals surface area contributed by atoms with Gasteiger partial charge in [0.15, 0.2) is 5.82 Å². The summed E-state index contributed by atoms with van der Waals surface area (Å²) in [7, 11) is -4.02. The monoisotopic (exact) mass is 704 g/mol. The molecule has 0 spiro atoms. The van der Waals surface area contributed by atoms with Crippen LogP contribution in [0.1, 0.15) is 52.9 Å². The zero-order valence-corrected chi connectivity index (χ0v) is 28.0. The molecule has 2 aromatic heterocycles. The minimum absolute atomic E-state index is 0.00657. The first-order valence-electron chi connectivity index (χ1n) is 15.8. The van der Waals surface area contributed by atoms with Crippen molar-refractivity contribution in [2.24, 2.45) is 0 Å². The summed E-state index contributed by atoms with van der Waals surface area (Å²) >= 11 is 0. The van der Waals surface area contributed by atoms with Crippen LogP contribution in [0.2, 0.25) is 0 Å². The predicted octanol–water partition coefficient (Wildman–Crippen LogP) is 5.22. The van der Waals surface area contributed by atoms with Crippen LogP contribution in [0.15, 0.2) is 70.6 Å². The first-order chi connectivity index (χ1) is 23.8. The van der Waals surface area contributed by atoms with E-state index in [1.165, 1.54) is 18.3 Å². The molecule has 2 aliphatic rings. The number of nitrogen functional groups attached to an aromatic ring is 2. The summed E-state index contributed by atoms with van der Waals surface area (Å²) in [6.07, 6.45) is 5.15. The van der Waals surface area contributed by atoms with E-state index in [1.54, 1.807) is 42.0 Å². The van der Waals surface area contributed by atoms with E-state index in [9.17, 15) is 18.0 Å². The standard InChI is InChI=1S/C28H26F2N6O3.C7H8O3S/c1-2-39-27(38)19-13-36(17-4-5-17)24-18(25(19)37)10-20(29)22(23(24)30)15-3-6-21-14(9-15)7-8-35(21)12-16-11-33-28(32)34-26(16)31;1-6-2-4-7(5-3-6)11(8,9)10/h3,6,9-11,13,17H,2,4-5,7-8,12H2,1H3,(H4,31,32,33,34);2-5H,1H3,(H,8,9,10). The van der Waals surface area contributed by atoms with Gasteiger partial charge in [-0.25, -0.2) is 18.6 Å². The molecule has 0 radical (unpaired) electrons. The van der Waals surface area contributed by atoms with E-state index in [2.05, 4.69) is 14.9 Å². The Kier molecular flexibility index (Phi) is 9.29. The third-order valence-corrected chi connectivity index (χ3v) is 9.47. The second-order valence-corrected chi connectivity index (χ2v) is 13.5. The van der Waals surface area contributed by atoms with Crippen LogP contribution >= 0.6 is 0 Å². The van der Waals surface area contributed by atoms with Crippen LogP contribution in [0.25, 0.3) is 22.0 Å². The first kappa shape index (κ1) is 34.5. The fourth-order valence-corrected chi connectivity index (χ4v) is 6.44. The SMILES string of the molecule is CCOC(=O)c1cn(C2CC2)c2c(F)c(-c3ccc4c(c3)CCN4Cc3cnc(N)nc3N)c(F)cc2c1=O.Cc1ccc(S(=O)(=O)O)cc1. The maximum absolute atomic E-state index is 16.2. The molecule has 15 heteroatoms. The number of pyridine rings is 1. The van der Waals surface area contributed by atoms with Gasteiger partial charge in [0.1, 0.15) is 17.2 Å².